The Morgan fingerprint density at radius 2 is 1.69 bits per heavy atom. The molecule has 7 rings (SSSR count). The van der Waals surface area contributed by atoms with Crippen LogP contribution in [0.15, 0.2) is 47.2 Å². The van der Waals surface area contributed by atoms with Crippen molar-refractivity contribution in [3.8, 4) is 17.0 Å². The zero-order chi connectivity index (χ0) is 37.3. The maximum absolute atomic E-state index is 14.7. The van der Waals surface area contributed by atoms with Crippen molar-refractivity contribution in [1.29, 1.82) is 0 Å². The molecule has 52 heavy (non-hydrogen) atoms. The molecule has 0 aliphatic heterocycles. The molecule has 2 amide bonds. The third-order valence-corrected chi connectivity index (χ3v) is 11.9. The van der Waals surface area contributed by atoms with Crippen LogP contribution in [0.4, 0.5) is 10.6 Å². The average Bonchev–Trinajstić information content (AvgIpc) is 3.63. The summed E-state index contributed by atoms with van der Waals surface area (Å²) in [4.78, 5) is 38.7. The molecule has 10 nitrogen and oxygen atoms in total. The van der Waals surface area contributed by atoms with E-state index in [1.165, 1.54) is 11.1 Å². The predicted molar refractivity (Wildman–Crippen MR) is 201 cm³/mol. The number of carbonyl (C=O) groups excluding carboxylic acids is 2. The summed E-state index contributed by atoms with van der Waals surface area (Å²) in [5, 5.41) is 12.7. The van der Waals surface area contributed by atoms with Crippen LogP contribution in [-0.4, -0.2) is 59.0 Å². The monoisotopic (exact) mass is 714 g/mol. The summed E-state index contributed by atoms with van der Waals surface area (Å²) in [6.07, 6.45) is 12.2. The minimum Gasteiger partial charge on any atom is -0.496 e. The molecule has 4 aliphatic rings. The summed E-state index contributed by atoms with van der Waals surface area (Å²) >= 11 is 0. The lowest BCUT2D eigenvalue weighted by atomic mass is 9.51. The molecule has 2 heterocycles. The number of aromatic nitrogens is 2. The van der Waals surface area contributed by atoms with Gasteiger partial charge in [-0.2, -0.15) is 0 Å². The molecule has 1 aromatic carbocycles. The van der Waals surface area contributed by atoms with E-state index in [1.54, 1.807) is 33.4 Å². The number of methoxy groups -OCH3 is 1. The third kappa shape index (κ3) is 8.48. The number of rotatable bonds is 11. The molecule has 4 saturated carbocycles. The number of pyridine rings is 1. The van der Waals surface area contributed by atoms with E-state index in [1.807, 2.05) is 17.0 Å². The molecular weight excluding hydrogens is 656 g/mol. The van der Waals surface area contributed by atoms with E-state index in [-0.39, 0.29) is 34.2 Å². The number of carbonyl (C=O) groups is 2. The molecule has 282 valence electrons. The standard InChI is InChI=1S/C42H58N4O6/c1-28-24-31(10-13-34(28)50-7)42-18-15-41(16-19-42,17-20-42)27-46(35-25-30(14-22-43-35)33-26-51-37(45-33)39(2,3)4)36(47)29-8-11-32(12-9-29)52-38(48)44-23-21-40(5,6)49/h10,13-14,22,24-26,29,32,49H,8-9,11-12,15-21,23,27H2,1-7H3,(H,44,48)/t29-,32-,41?,42?. The molecule has 2 N–H and O–H groups in total. The molecule has 0 atom stereocenters. The number of anilines is 1. The molecule has 3 aromatic rings. The van der Waals surface area contributed by atoms with E-state index in [9.17, 15) is 14.7 Å². The van der Waals surface area contributed by atoms with Crippen LogP contribution >= 0.6 is 0 Å². The summed E-state index contributed by atoms with van der Waals surface area (Å²) in [6.45, 7) is 12.7. The first-order valence-corrected chi connectivity index (χ1v) is 19.1. The van der Waals surface area contributed by atoms with Crippen LogP contribution in [0.2, 0.25) is 0 Å². The fourth-order valence-electron chi connectivity index (χ4n) is 8.54. The Bertz CT molecular complexity index is 1700. The van der Waals surface area contributed by atoms with Gasteiger partial charge in [0.2, 0.25) is 5.91 Å². The maximum atomic E-state index is 14.7. The smallest absolute Gasteiger partial charge is 0.407 e. The topological polar surface area (TPSA) is 127 Å². The Balaban J connectivity index is 1.19. The molecule has 4 aliphatic carbocycles. The average molecular weight is 715 g/mol. The lowest BCUT2D eigenvalue weighted by molar-refractivity contribution is -0.124. The highest BCUT2D eigenvalue weighted by molar-refractivity contribution is 5.95. The molecule has 2 aromatic heterocycles. The quantitative estimate of drug-likeness (QED) is 0.203. The number of fused-ring (bicyclic) bond motifs is 3. The third-order valence-electron chi connectivity index (χ3n) is 11.9. The largest absolute Gasteiger partial charge is 0.496 e. The number of benzene rings is 1. The van der Waals surface area contributed by atoms with Gasteiger partial charge in [0, 0.05) is 36.2 Å². The van der Waals surface area contributed by atoms with E-state index in [4.69, 9.17) is 23.9 Å². The van der Waals surface area contributed by atoms with Crippen LogP contribution in [0.25, 0.3) is 11.3 Å². The Kier molecular flexibility index (Phi) is 10.8. The molecule has 10 heteroatoms. The Labute approximate surface area is 309 Å². The second kappa shape index (κ2) is 14.8. The molecule has 0 radical (unpaired) electrons. The van der Waals surface area contributed by atoms with Crippen LogP contribution in [0, 0.1) is 18.3 Å². The maximum Gasteiger partial charge on any atom is 0.407 e. The predicted octanol–water partition coefficient (Wildman–Crippen LogP) is 8.42. The molecule has 0 saturated heterocycles. The molecule has 0 spiro atoms. The number of nitrogens with one attached hydrogen (secondary N) is 1. The van der Waals surface area contributed by atoms with Crippen molar-refractivity contribution in [2.75, 3.05) is 25.1 Å². The Morgan fingerprint density at radius 1 is 1.00 bits per heavy atom. The Morgan fingerprint density at radius 3 is 2.29 bits per heavy atom. The van der Waals surface area contributed by atoms with E-state index in [0.717, 1.165) is 55.5 Å². The van der Waals surface area contributed by atoms with Crippen LogP contribution in [0.5, 0.6) is 5.75 Å². The first-order chi connectivity index (χ1) is 24.6. The fraction of sp³-hybridized carbons (Fsp3) is 0.619. The molecule has 0 unspecified atom stereocenters. The van der Waals surface area contributed by atoms with Gasteiger partial charge in [-0.1, -0.05) is 32.9 Å². The fourth-order valence-corrected chi connectivity index (χ4v) is 8.54. The van der Waals surface area contributed by atoms with Crippen LogP contribution in [0.1, 0.15) is 122 Å². The summed E-state index contributed by atoms with van der Waals surface area (Å²) < 4.78 is 17.1. The van der Waals surface area contributed by atoms with Crippen molar-refractivity contribution in [3.05, 3.63) is 59.8 Å². The number of hydrogen-bond donors (Lipinski definition) is 2. The lowest BCUT2D eigenvalue weighted by Crippen LogP contribution is -2.52. The molecular formula is C42H58N4O6. The van der Waals surface area contributed by atoms with Crippen molar-refractivity contribution in [3.63, 3.8) is 0 Å². The van der Waals surface area contributed by atoms with Crippen molar-refractivity contribution < 1.29 is 28.6 Å². The van der Waals surface area contributed by atoms with Crippen molar-refractivity contribution in [2.24, 2.45) is 11.3 Å². The van der Waals surface area contributed by atoms with Gasteiger partial charge in [-0.15, -0.1) is 0 Å². The number of aryl methyl sites for hydroxylation is 1. The summed E-state index contributed by atoms with van der Waals surface area (Å²) in [7, 11) is 1.73. The number of alkyl carbamates (subject to hydrolysis) is 1. The van der Waals surface area contributed by atoms with Gasteiger partial charge in [0.1, 0.15) is 29.6 Å². The summed E-state index contributed by atoms with van der Waals surface area (Å²) in [6, 6.07) is 10.6. The highest BCUT2D eigenvalue weighted by Crippen LogP contribution is 2.58. The van der Waals surface area contributed by atoms with Gasteiger partial charge in [0.15, 0.2) is 5.89 Å². The number of aliphatic hydroxyl groups is 1. The number of ether oxygens (including phenoxy) is 2. The van der Waals surface area contributed by atoms with Crippen LogP contribution < -0.4 is 15.0 Å². The van der Waals surface area contributed by atoms with Gasteiger partial charge in [-0.3, -0.25) is 9.69 Å². The SMILES string of the molecule is COc1ccc(C23CCC(CN(c4cc(-c5coc(C(C)(C)C)n5)ccn4)C(=O)[C@H]4CC[C@H](OC(=O)NCCC(C)(C)O)CC4)(CC2)CC3)cc1C. The van der Waals surface area contributed by atoms with Gasteiger partial charge in [0.25, 0.3) is 0 Å². The Hall–Kier alpha value is -3.92. The number of amides is 2. The highest BCUT2D eigenvalue weighted by Gasteiger charge is 2.51. The highest BCUT2D eigenvalue weighted by atomic mass is 16.6. The number of hydrogen-bond acceptors (Lipinski definition) is 8. The van der Waals surface area contributed by atoms with E-state index < -0.39 is 11.7 Å². The van der Waals surface area contributed by atoms with Crippen LogP contribution in [-0.2, 0) is 20.4 Å². The minimum atomic E-state index is -0.857. The normalized spacial score (nSPS) is 24.7. The van der Waals surface area contributed by atoms with Crippen molar-refractivity contribution >= 4 is 17.8 Å². The van der Waals surface area contributed by atoms with Crippen molar-refractivity contribution in [1.82, 2.24) is 15.3 Å². The lowest BCUT2D eigenvalue weighted by Gasteiger charge is -2.55. The zero-order valence-corrected chi connectivity index (χ0v) is 32.2. The number of oxazole rings is 1. The summed E-state index contributed by atoms with van der Waals surface area (Å²) in [5.41, 5.74) is 3.29. The number of nitrogens with zero attached hydrogens (tertiary/aromatic N) is 3. The first kappa shape index (κ1) is 37.8. The summed E-state index contributed by atoms with van der Waals surface area (Å²) in [5.74, 6) is 2.15. The minimum absolute atomic E-state index is 0.0193. The molecule has 4 fully saturated rings. The zero-order valence-electron chi connectivity index (χ0n) is 32.2. The second-order valence-corrected chi connectivity index (χ2v) is 17.4. The van der Waals surface area contributed by atoms with Crippen molar-refractivity contribution in [2.45, 2.75) is 135 Å². The van der Waals surface area contributed by atoms with E-state index in [2.05, 4.69) is 51.2 Å². The van der Waals surface area contributed by atoms with E-state index in [0.29, 0.717) is 56.9 Å². The second-order valence-electron chi connectivity index (χ2n) is 17.4. The van der Waals surface area contributed by atoms with Crippen LogP contribution in [0.3, 0.4) is 0 Å². The van der Waals surface area contributed by atoms with Gasteiger partial charge < -0.3 is 24.3 Å². The first-order valence-electron chi connectivity index (χ1n) is 19.1. The van der Waals surface area contributed by atoms with Gasteiger partial charge in [-0.05, 0) is 132 Å². The van der Waals surface area contributed by atoms with Gasteiger partial charge >= 0.3 is 6.09 Å². The van der Waals surface area contributed by atoms with Gasteiger partial charge in [0.05, 0.1) is 12.7 Å². The van der Waals surface area contributed by atoms with E-state index >= 15 is 0 Å². The molecule has 2 bridgehead atoms. The van der Waals surface area contributed by atoms with Gasteiger partial charge in [-0.25, -0.2) is 14.8 Å².